The van der Waals surface area contributed by atoms with E-state index in [0.29, 0.717) is 39.1 Å². The number of hydrogen-bond acceptors (Lipinski definition) is 4. The van der Waals surface area contributed by atoms with Crippen molar-refractivity contribution >= 4 is 41.2 Å². The summed E-state index contributed by atoms with van der Waals surface area (Å²) in [5, 5.41) is 10.4. The van der Waals surface area contributed by atoms with E-state index < -0.39 is 11.8 Å². The average Bonchev–Trinajstić information content (AvgIpc) is 3.09. The molecule has 6 nitrogen and oxygen atoms in total. The van der Waals surface area contributed by atoms with Gasteiger partial charge in [-0.25, -0.2) is 4.68 Å². The van der Waals surface area contributed by atoms with E-state index in [4.69, 9.17) is 23.2 Å². The van der Waals surface area contributed by atoms with Gasteiger partial charge >= 0.3 is 0 Å². The molecule has 2 amide bonds. The van der Waals surface area contributed by atoms with Crippen LogP contribution in [0.5, 0.6) is 0 Å². The number of halogens is 2. The zero-order valence-corrected chi connectivity index (χ0v) is 16.3. The first kappa shape index (κ1) is 18.4. The maximum absolute atomic E-state index is 12.4. The molecule has 0 bridgehead atoms. The van der Waals surface area contributed by atoms with E-state index in [1.807, 2.05) is 12.1 Å². The number of amides is 2. The first-order chi connectivity index (χ1) is 13.5. The number of hydrazone groups is 1. The summed E-state index contributed by atoms with van der Waals surface area (Å²) in [6.07, 6.45) is 1.39. The Morgan fingerprint density at radius 2 is 1.61 bits per heavy atom. The van der Waals surface area contributed by atoms with Crippen LogP contribution in [0.2, 0.25) is 10.2 Å². The fourth-order valence-electron chi connectivity index (χ4n) is 2.98. The van der Waals surface area contributed by atoms with E-state index >= 15 is 0 Å². The lowest BCUT2D eigenvalue weighted by Gasteiger charge is -2.05. The molecule has 2 aromatic carbocycles. The molecule has 1 aliphatic heterocycles. The molecule has 0 saturated heterocycles. The SMILES string of the molecule is Cc1nn(Cc2ccc(Cl)cc2)c(Cl)c1/C=N\N1C(=O)c2ccccc2C1=O. The molecule has 0 saturated carbocycles. The minimum absolute atomic E-state index is 0.339. The fraction of sp³-hybridized carbons (Fsp3) is 0.100. The number of nitrogens with zero attached hydrogens (tertiary/aromatic N) is 4. The largest absolute Gasteiger partial charge is 0.282 e. The van der Waals surface area contributed by atoms with Crippen molar-refractivity contribution in [1.82, 2.24) is 14.8 Å². The van der Waals surface area contributed by atoms with Gasteiger partial charge in [0.25, 0.3) is 11.8 Å². The summed E-state index contributed by atoms with van der Waals surface area (Å²) in [6, 6.07) is 14.0. The lowest BCUT2D eigenvalue weighted by atomic mass is 10.1. The Morgan fingerprint density at radius 1 is 1.00 bits per heavy atom. The van der Waals surface area contributed by atoms with Crippen molar-refractivity contribution in [2.45, 2.75) is 13.5 Å². The highest BCUT2D eigenvalue weighted by molar-refractivity contribution is 6.32. The van der Waals surface area contributed by atoms with Crippen molar-refractivity contribution in [3.63, 3.8) is 0 Å². The lowest BCUT2D eigenvalue weighted by molar-refractivity contribution is 0.0660. The Morgan fingerprint density at radius 3 is 2.21 bits per heavy atom. The van der Waals surface area contributed by atoms with Crippen LogP contribution in [0.25, 0.3) is 0 Å². The van der Waals surface area contributed by atoms with E-state index in [2.05, 4.69) is 10.2 Å². The Hall–Kier alpha value is -2.96. The van der Waals surface area contributed by atoms with Gasteiger partial charge in [0.15, 0.2) is 0 Å². The number of carbonyl (C=O) groups is 2. The number of imide groups is 1. The molecule has 0 radical (unpaired) electrons. The van der Waals surface area contributed by atoms with Crippen molar-refractivity contribution in [1.29, 1.82) is 0 Å². The molecule has 3 aromatic rings. The van der Waals surface area contributed by atoms with Gasteiger partial charge in [0.1, 0.15) is 5.15 Å². The highest BCUT2D eigenvalue weighted by Gasteiger charge is 2.35. The summed E-state index contributed by atoms with van der Waals surface area (Å²) in [5.41, 5.74) is 2.85. The van der Waals surface area contributed by atoms with Gasteiger partial charge in [0, 0.05) is 5.02 Å². The van der Waals surface area contributed by atoms with E-state index in [9.17, 15) is 9.59 Å². The van der Waals surface area contributed by atoms with Crippen LogP contribution >= 0.6 is 23.2 Å². The van der Waals surface area contributed by atoms with Crippen molar-refractivity contribution in [2.75, 3.05) is 0 Å². The van der Waals surface area contributed by atoms with Crippen LogP contribution in [0.4, 0.5) is 0 Å². The van der Waals surface area contributed by atoms with E-state index in [-0.39, 0.29) is 0 Å². The van der Waals surface area contributed by atoms with Gasteiger partial charge in [-0.15, -0.1) is 0 Å². The molecule has 0 N–H and O–H groups in total. The molecular weight excluding hydrogens is 399 g/mol. The lowest BCUT2D eigenvalue weighted by Crippen LogP contribution is -2.24. The van der Waals surface area contributed by atoms with Crippen LogP contribution in [0.1, 0.15) is 37.5 Å². The van der Waals surface area contributed by atoms with Crippen molar-refractivity contribution in [2.24, 2.45) is 5.10 Å². The first-order valence-corrected chi connectivity index (χ1v) is 9.20. The molecule has 0 atom stereocenters. The van der Waals surface area contributed by atoms with Gasteiger partial charge in [-0.1, -0.05) is 47.5 Å². The van der Waals surface area contributed by atoms with E-state index in [0.717, 1.165) is 10.6 Å². The monoisotopic (exact) mass is 412 g/mol. The highest BCUT2D eigenvalue weighted by Crippen LogP contribution is 2.24. The number of benzene rings is 2. The Labute approximate surface area is 171 Å². The molecule has 28 heavy (non-hydrogen) atoms. The second-order valence-corrected chi connectivity index (χ2v) is 7.08. The minimum Gasteiger partial charge on any atom is -0.267 e. The molecule has 0 aliphatic carbocycles. The highest BCUT2D eigenvalue weighted by atomic mass is 35.5. The number of hydrogen-bond donors (Lipinski definition) is 0. The number of carbonyl (C=O) groups excluding carboxylic acids is 2. The predicted octanol–water partition coefficient (Wildman–Crippen LogP) is 4.18. The third kappa shape index (κ3) is 3.21. The summed E-state index contributed by atoms with van der Waals surface area (Å²) in [4.78, 5) is 24.8. The zero-order chi connectivity index (χ0) is 19.8. The number of aromatic nitrogens is 2. The normalized spacial score (nSPS) is 13.6. The third-order valence-electron chi connectivity index (χ3n) is 4.43. The summed E-state index contributed by atoms with van der Waals surface area (Å²) >= 11 is 12.4. The topological polar surface area (TPSA) is 67.6 Å². The second kappa shape index (κ2) is 7.22. The molecular formula is C20H14Cl2N4O2. The van der Waals surface area contributed by atoms with Gasteiger partial charge in [0.2, 0.25) is 0 Å². The van der Waals surface area contributed by atoms with Crippen LogP contribution < -0.4 is 0 Å². The Kier molecular flexibility index (Phi) is 4.75. The fourth-order valence-corrected chi connectivity index (χ4v) is 3.39. The molecule has 0 unspecified atom stereocenters. The molecule has 8 heteroatoms. The summed E-state index contributed by atoms with van der Waals surface area (Å²) < 4.78 is 1.63. The van der Waals surface area contributed by atoms with Crippen LogP contribution in [0.3, 0.4) is 0 Å². The molecule has 0 fully saturated rings. The minimum atomic E-state index is -0.459. The smallest absolute Gasteiger partial charge is 0.267 e. The van der Waals surface area contributed by atoms with Gasteiger partial charge in [-0.3, -0.25) is 9.59 Å². The van der Waals surface area contributed by atoms with Gasteiger partial charge < -0.3 is 0 Å². The van der Waals surface area contributed by atoms with Crippen molar-refractivity contribution in [3.05, 3.63) is 86.7 Å². The number of aryl methyl sites for hydroxylation is 1. The standard InChI is InChI=1S/C20H14Cl2N4O2/c1-12-17(18(22)25(24-12)11-13-6-8-14(21)9-7-13)10-23-26-19(27)15-4-2-3-5-16(15)20(26)28/h2-10H,11H2,1H3/b23-10-. The summed E-state index contributed by atoms with van der Waals surface area (Å²) in [7, 11) is 0. The van der Waals surface area contributed by atoms with Crippen LogP contribution in [0, 0.1) is 6.92 Å². The van der Waals surface area contributed by atoms with Crippen LogP contribution in [0.15, 0.2) is 53.6 Å². The third-order valence-corrected chi connectivity index (χ3v) is 5.08. The Balaban J connectivity index is 1.59. The second-order valence-electron chi connectivity index (χ2n) is 6.29. The molecule has 140 valence electrons. The molecule has 1 aliphatic rings. The molecule has 4 rings (SSSR count). The first-order valence-electron chi connectivity index (χ1n) is 8.45. The van der Waals surface area contributed by atoms with Crippen LogP contribution in [-0.2, 0) is 6.54 Å². The predicted molar refractivity (Wildman–Crippen MR) is 107 cm³/mol. The van der Waals surface area contributed by atoms with Gasteiger partial charge in [0.05, 0.1) is 35.1 Å². The zero-order valence-electron chi connectivity index (χ0n) is 14.8. The summed E-state index contributed by atoms with van der Waals surface area (Å²) in [6.45, 7) is 2.24. The quantitative estimate of drug-likeness (QED) is 0.476. The Bertz CT molecular complexity index is 1080. The number of rotatable bonds is 4. The van der Waals surface area contributed by atoms with Crippen molar-refractivity contribution < 1.29 is 9.59 Å². The van der Waals surface area contributed by atoms with E-state index in [1.165, 1.54) is 6.21 Å². The summed E-state index contributed by atoms with van der Waals surface area (Å²) in [5.74, 6) is -0.918. The van der Waals surface area contributed by atoms with Gasteiger partial charge in [-0.05, 0) is 36.8 Å². The molecule has 0 spiro atoms. The van der Waals surface area contributed by atoms with E-state index in [1.54, 1.807) is 48.0 Å². The maximum Gasteiger partial charge on any atom is 0.282 e. The average molecular weight is 413 g/mol. The number of fused-ring (bicyclic) bond motifs is 1. The molecule has 2 heterocycles. The maximum atomic E-state index is 12.4. The molecule has 1 aromatic heterocycles. The van der Waals surface area contributed by atoms with Crippen LogP contribution in [-0.4, -0.2) is 32.8 Å². The van der Waals surface area contributed by atoms with Crippen molar-refractivity contribution in [3.8, 4) is 0 Å². The van der Waals surface area contributed by atoms with Gasteiger partial charge in [-0.2, -0.15) is 15.2 Å².